The molecule has 0 saturated heterocycles. The predicted octanol–water partition coefficient (Wildman–Crippen LogP) is 1.59. The zero-order valence-electron chi connectivity index (χ0n) is 7.81. The van der Waals surface area contributed by atoms with Crippen LogP contribution < -0.4 is 4.74 Å². The monoisotopic (exact) mass is 208 g/mol. The molecule has 1 aromatic rings. The van der Waals surface area contributed by atoms with Gasteiger partial charge in [0.25, 0.3) is 0 Å². The van der Waals surface area contributed by atoms with Crippen molar-refractivity contribution < 1.29 is 19.0 Å². The van der Waals surface area contributed by atoms with Crippen LogP contribution in [-0.2, 0) is 4.79 Å². The fourth-order valence-corrected chi connectivity index (χ4v) is 2.43. The van der Waals surface area contributed by atoms with Crippen LogP contribution in [0.15, 0.2) is 24.3 Å². The van der Waals surface area contributed by atoms with Gasteiger partial charge in [0, 0.05) is 17.4 Å². The molecule has 0 amide bonds. The number of carboxylic acid groups (broad SMARTS) is 1. The van der Waals surface area contributed by atoms with E-state index in [2.05, 4.69) is 0 Å². The summed E-state index contributed by atoms with van der Waals surface area (Å²) in [5.41, 5.74) is -1.44. The summed E-state index contributed by atoms with van der Waals surface area (Å²) in [5, 5.41) is 8.84. The van der Waals surface area contributed by atoms with E-state index in [4.69, 9.17) is 9.84 Å². The van der Waals surface area contributed by atoms with E-state index in [0.29, 0.717) is 11.3 Å². The van der Waals surface area contributed by atoms with Crippen molar-refractivity contribution in [3.8, 4) is 5.75 Å². The highest BCUT2D eigenvalue weighted by Gasteiger charge is 2.74. The first-order valence-corrected chi connectivity index (χ1v) is 4.79. The molecular weight excluding hydrogens is 199 g/mol. The van der Waals surface area contributed by atoms with Gasteiger partial charge in [0.2, 0.25) is 5.67 Å². The number of benzene rings is 1. The molecule has 3 nitrogen and oxygen atoms in total. The fourth-order valence-electron chi connectivity index (χ4n) is 2.43. The summed E-state index contributed by atoms with van der Waals surface area (Å²) in [5.74, 6) is -1.82. The van der Waals surface area contributed by atoms with Gasteiger partial charge in [-0.1, -0.05) is 18.2 Å². The second-order valence-corrected chi connectivity index (χ2v) is 4.01. The minimum Gasteiger partial charge on any atom is -0.493 e. The first kappa shape index (κ1) is 8.71. The van der Waals surface area contributed by atoms with Crippen LogP contribution in [0.25, 0.3) is 0 Å². The predicted molar refractivity (Wildman–Crippen MR) is 49.6 cm³/mol. The second-order valence-electron chi connectivity index (χ2n) is 4.01. The van der Waals surface area contributed by atoms with Crippen molar-refractivity contribution in [3.63, 3.8) is 0 Å². The van der Waals surface area contributed by atoms with E-state index in [1.54, 1.807) is 24.3 Å². The van der Waals surface area contributed by atoms with Gasteiger partial charge in [0.1, 0.15) is 5.75 Å². The van der Waals surface area contributed by atoms with Crippen LogP contribution in [0.3, 0.4) is 0 Å². The molecule has 3 atom stereocenters. The summed E-state index contributed by atoms with van der Waals surface area (Å²) in [4.78, 5) is 10.8. The van der Waals surface area contributed by atoms with Crippen molar-refractivity contribution in [2.75, 3.05) is 6.61 Å². The molecule has 1 saturated carbocycles. The molecule has 1 fully saturated rings. The summed E-state index contributed by atoms with van der Waals surface area (Å²) < 4.78 is 19.3. The van der Waals surface area contributed by atoms with Crippen molar-refractivity contribution in [1.82, 2.24) is 0 Å². The number of carboxylic acids is 1. The summed E-state index contributed by atoms with van der Waals surface area (Å²) in [6, 6.07) is 7.04. The minimum atomic E-state index is -2.12. The van der Waals surface area contributed by atoms with E-state index >= 15 is 0 Å². The van der Waals surface area contributed by atoms with E-state index in [1.165, 1.54) is 0 Å². The first-order valence-electron chi connectivity index (χ1n) is 4.79. The van der Waals surface area contributed by atoms with Crippen molar-refractivity contribution in [2.24, 2.45) is 5.92 Å². The van der Waals surface area contributed by atoms with Crippen LogP contribution in [0.2, 0.25) is 0 Å². The van der Waals surface area contributed by atoms with Crippen LogP contribution in [0.4, 0.5) is 4.39 Å². The van der Waals surface area contributed by atoms with Gasteiger partial charge >= 0.3 is 5.97 Å². The van der Waals surface area contributed by atoms with E-state index in [1.807, 2.05) is 0 Å². The molecular formula is C11H9FO3. The maximum absolute atomic E-state index is 14.0. The Kier molecular flexibility index (Phi) is 1.45. The molecule has 2 aliphatic rings. The van der Waals surface area contributed by atoms with Gasteiger partial charge < -0.3 is 9.84 Å². The first-order chi connectivity index (χ1) is 7.15. The third kappa shape index (κ3) is 0.914. The molecule has 1 N–H and O–H groups in total. The molecule has 3 unspecified atom stereocenters. The second kappa shape index (κ2) is 2.51. The highest BCUT2D eigenvalue weighted by atomic mass is 19.1. The Bertz CT molecular complexity index is 445. The van der Waals surface area contributed by atoms with Gasteiger partial charge in [-0.3, -0.25) is 0 Å². The highest BCUT2D eigenvalue weighted by molar-refractivity contribution is 5.85. The Hall–Kier alpha value is -1.58. The summed E-state index contributed by atoms with van der Waals surface area (Å²) >= 11 is 0. The summed E-state index contributed by atoms with van der Waals surface area (Å²) in [6.45, 7) is 0.157. The average Bonchev–Trinajstić information content (AvgIpc) is 2.87. The molecule has 0 radical (unpaired) electrons. The Balaban J connectivity index is 2.07. The lowest BCUT2D eigenvalue weighted by Gasteiger charge is -2.14. The van der Waals surface area contributed by atoms with Gasteiger partial charge in [-0.05, 0) is 6.07 Å². The molecule has 0 spiro atoms. The zero-order valence-corrected chi connectivity index (χ0v) is 7.81. The number of hydrogen-bond acceptors (Lipinski definition) is 2. The number of aliphatic carboxylic acids is 1. The van der Waals surface area contributed by atoms with E-state index < -0.39 is 23.5 Å². The Morgan fingerprint density at radius 1 is 1.53 bits per heavy atom. The van der Waals surface area contributed by atoms with Crippen LogP contribution in [0, 0.1) is 5.92 Å². The molecule has 0 bridgehead atoms. The Labute approximate surface area is 85.5 Å². The highest BCUT2D eigenvalue weighted by Crippen LogP contribution is 2.64. The van der Waals surface area contributed by atoms with Gasteiger partial charge in [0.05, 0.1) is 6.61 Å². The number of carbonyl (C=O) groups is 1. The number of hydrogen-bond donors (Lipinski definition) is 1. The van der Waals surface area contributed by atoms with Crippen molar-refractivity contribution in [1.29, 1.82) is 0 Å². The summed E-state index contributed by atoms with van der Waals surface area (Å²) in [6.07, 6.45) is 0. The van der Waals surface area contributed by atoms with Gasteiger partial charge in [-0.15, -0.1) is 0 Å². The maximum atomic E-state index is 14.0. The Morgan fingerprint density at radius 2 is 2.27 bits per heavy atom. The van der Waals surface area contributed by atoms with E-state index in [9.17, 15) is 9.18 Å². The lowest BCUT2D eigenvalue weighted by molar-refractivity contribution is -0.145. The molecule has 15 heavy (non-hydrogen) atoms. The molecule has 1 aliphatic carbocycles. The number of fused-ring (bicyclic) bond motifs is 3. The minimum absolute atomic E-state index is 0.157. The van der Waals surface area contributed by atoms with E-state index in [0.717, 1.165) is 0 Å². The largest absolute Gasteiger partial charge is 0.493 e. The topological polar surface area (TPSA) is 46.5 Å². The van der Waals surface area contributed by atoms with Crippen LogP contribution in [0.1, 0.15) is 11.5 Å². The zero-order chi connectivity index (χ0) is 10.6. The fraction of sp³-hybridized carbons (Fsp3) is 0.364. The maximum Gasteiger partial charge on any atom is 0.342 e. The third-order valence-electron chi connectivity index (χ3n) is 3.29. The molecule has 1 aliphatic heterocycles. The van der Waals surface area contributed by atoms with Crippen LogP contribution in [0.5, 0.6) is 5.75 Å². The van der Waals surface area contributed by atoms with E-state index in [-0.39, 0.29) is 6.61 Å². The SMILES string of the molecule is O=C(O)C1(F)C2COc3ccccc3C21. The van der Waals surface area contributed by atoms with Crippen molar-refractivity contribution >= 4 is 5.97 Å². The standard InChI is InChI=1S/C11H9FO3/c12-11(10(13)14)7-5-15-8-4-2-1-3-6(8)9(7)11/h1-4,7,9H,5H2,(H,13,14). The number of rotatable bonds is 1. The van der Waals surface area contributed by atoms with Crippen LogP contribution >= 0.6 is 0 Å². The van der Waals surface area contributed by atoms with Gasteiger partial charge in [-0.25, -0.2) is 9.18 Å². The normalized spacial score (nSPS) is 36.1. The summed E-state index contributed by atoms with van der Waals surface area (Å²) in [7, 11) is 0. The lowest BCUT2D eigenvalue weighted by Crippen LogP contribution is -2.21. The number of para-hydroxylation sites is 1. The molecule has 0 aromatic heterocycles. The molecule has 3 rings (SSSR count). The quantitative estimate of drug-likeness (QED) is 0.762. The molecule has 4 heteroatoms. The number of halogens is 1. The molecule has 78 valence electrons. The smallest absolute Gasteiger partial charge is 0.342 e. The van der Waals surface area contributed by atoms with Gasteiger partial charge in [-0.2, -0.15) is 0 Å². The average molecular weight is 208 g/mol. The number of ether oxygens (including phenoxy) is 1. The van der Waals surface area contributed by atoms with Crippen LogP contribution in [-0.4, -0.2) is 23.4 Å². The lowest BCUT2D eigenvalue weighted by atomic mass is 10.1. The third-order valence-corrected chi connectivity index (χ3v) is 3.29. The van der Waals surface area contributed by atoms with Crippen molar-refractivity contribution in [3.05, 3.63) is 29.8 Å². The number of alkyl halides is 1. The molecule has 1 heterocycles. The van der Waals surface area contributed by atoms with Crippen molar-refractivity contribution in [2.45, 2.75) is 11.6 Å². The Morgan fingerprint density at radius 3 is 3.00 bits per heavy atom. The van der Waals surface area contributed by atoms with Gasteiger partial charge in [0.15, 0.2) is 0 Å². The molecule has 1 aromatic carbocycles.